The van der Waals surface area contributed by atoms with Crippen LogP contribution in [0.3, 0.4) is 0 Å². The van der Waals surface area contributed by atoms with E-state index in [4.69, 9.17) is 9.57 Å². The second-order valence-corrected chi connectivity index (χ2v) is 5.95. The third kappa shape index (κ3) is 2.80. The molecule has 0 N–H and O–H groups in total. The van der Waals surface area contributed by atoms with Crippen LogP contribution in [-0.2, 0) is 9.63 Å². The first kappa shape index (κ1) is 14.9. The lowest BCUT2D eigenvalue weighted by Crippen LogP contribution is -2.46. The van der Waals surface area contributed by atoms with E-state index < -0.39 is 0 Å². The molecule has 0 radical (unpaired) electrons. The molecule has 0 unspecified atom stereocenters. The van der Waals surface area contributed by atoms with Gasteiger partial charge in [0.05, 0.1) is 12.8 Å². The number of hydrogen-bond donors (Lipinski definition) is 0. The lowest BCUT2D eigenvalue weighted by molar-refractivity contribution is -0.136. The van der Waals surface area contributed by atoms with Gasteiger partial charge in [-0.2, -0.15) is 0 Å². The maximum absolute atomic E-state index is 11.8. The predicted molar refractivity (Wildman–Crippen MR) is 84.1 cm³/mol. The summed E-state index contributed by atoms with van der Waals surface area (Å²) in [6.45, 7) is 3.43. The van der Waals surface area contributed by atoms with E-state index in [1.807, 2.05) is 36.1 Å². The Morgan fingerprint density at radius 1 is 1.32 bits per heavy atom. The topological polar surface area (TPSA) is 51.1 Å². The normalized spacial score (nSPS) is 19.7. The van der Waals surface area contributed by atoms with Gasteiger partial charge in [0.2, 0.25) is 5.91 Å². The molecule has 0 aliphatic carbocycles. The molecule has 2 heterocycles. The molecule has 1 spiro atoms. The summed E-state index contributed by atoms with van der Waals surface area (Å²) in [6, 6.07) is 7.89. The van der Waals surface area contributed by atoms with Crippen molar-refractivity contribution in [2.75, 3.05) is 20.2 Å². The zero-order valence-corrected chi connectivity index (χ0v) is 13.2. The third-order valence-electron chi connectivity index (χ3n) is 4.59. The predicted octanol–water partition coefficient (Wildman–Crippen LogP) is 2.59. The molecule has 1 amide bonds. The van der Waals surface area contributed by atoms with Crippen LogP contribution in [0.1, 0.15) is 38.2 Å². The summed E-state index contributed by atoms with van der Waals surface area (Å²) in [5, 5.41) is 4.30. The van der Waals surface area contributed by atoms with Gasteiger partial charge < -0.3 is 14.5 Å². The van der Waals surface area contributed by atoms with Crippen molar-refractivity contribution < 1.29 is 14.4 Å². The number of piperidine rings is 1. The molecule has 0 saturated carbocycles. The highest BCUT2D eigenvalue weighted by atomic mass is 16.7. The Hall–Kier alpha value is -2.04. The Morgan fingerprint density at radius 3 is 2.59 bits per heavy atom. The Morgan fingerprint density at radius 2 is 2.00 bits per heavy atom. The second kappa shape index (κ2) is 5.99. The number of ether oxygens (including phenoxy) is 1. The Balaban J connectivity index is 1.63. The molecular formula is C17H22N2O3. The molecule has 22 heavy (non-hydrogen) atoms. The van der Waals surface area contributed by atoms with Gasteiger partial charge in [0, 0.05) is 38.8 Å². The Labute approximate surface area is 130 Å². The molecule has 1 aromatic carbocycles. The summed E-state index contributed by atoms with van der Waals surface area (Å²) in [6.07, 6.45) is 3.08. The zero-order valence-electron chi connectivity index (χ0n) is 13.2. The molecule has 0 aromatic heterocycles. The lowest BCUT2D eigenvalue weighted by Gasteiger charge is -2.37. The number of methoxy groups -OCH3 is 1. The molecule has 1 aromatic rings. The van der Waals surface area contributed by atoms with E-state index in [1.165, 1.54) is 0 Å². The number of carbonyl (C=O) groups excluding carboxylic acids is 1. The number of oxime groups is 1. The number of hydrogen-bond acceptors (Lipinski definition) is 4. The molecule has 3 rings (SSSR count). The fourth-order valence-electron chi connectivity index (χ4n) is 3.12. The van der Waals surface area contributed by atoms with E-state index in [9.17, 15) is 4.79 Å². The van der Waals surface area contributed by atoms with Crippen LogP contribution in [0.15, 0.2) is 29.4 Å². The van der Waals surface area contributed by atoms with Crippen LogP contribution < -0.4 is 4.74 Å². The minimum atomic E-state index is -0.222. The molecule has 5 heteroatoms. The summed E-state index contributed by atoms with van der Waals surface area (Å²) in [7, 11) is 1.66. The fraction of sp³-hybridized carbons (Fsp3) is 0.529. The summed E-state index contributed by atoms with van der Waals surface area (Å²) < 4.78 is 5.18. The van der Waals surface area contributed by atoms with Crippen molar-refractivity contribution in [1.29, 1.82) is 0 Å². The Bertz CT molecular complexity index is 572. The van der Waals surface area contributed by atoms with Crippen LogP contribution in [0.5, 0.6) is 5.75 Å². The van der Waals surface area contributed by atoms with Crippen molar-refractivity contribution >= 4 is 11.6 Å². The van der Waals surface area contributed by atoms with Gasteiger partial charge in [-0.1, -0.05) is 12.1 Å². The van der Waals surface area contributed by atoms with Crippen LogP contribution >= 0.6 is 0 Å². The van der Waals surface area contributed by atoms with Crippen LogP contribution in [0.25, 0.3) is 0 Å². The molecule has 1 saturated heterocycles. The molecule has 1 fully saturated rings. The third-order valence-corrected chi connectivity index (χ3v) is 4.59. The fourth-order valence-corrected chi connectivity index (χ4v) is 3.12. The smallest absolute Gasteiger partial charge is 0.222 e. The minimum absolute atomic E-state index is 0.222. The van der Waals surface area contributed by atoms with Crippen LogP contribution in [0.4, 0.5) is 0 Å². The average Bonchev–Trinajstić information content (AvgIpc) is 2.98. The number of likely N-dealkylation sites (tertiary alicyclic amines) is 1. The van der Waals surface area contributed by atoms with Gasteiger partial charge in [-0.05, 0) is 29.8 Å². The quantitative estimate of drug-likeness (QED) is 0.862. The van der Waals surface area contributed by atoms with Crippen molar-refractivity contribution in [3.8, 4) is 5.75 Å². The van der Waals surface area contributed by atoms with Gasteiger partial charge in [-0.25, -0.2) is 0 Å². The van der Waals surface area contributed by atoms with Crippen molar-refractivity contribution in [2.45, 2.75) is 38.2 Å². The van der Waals surface area contributed by atoms with E-state index in [2.05, 4.69) is 5.16 Å². The first-order chi connectivity index (χ1) is 10.7. The monoisotopic (exact) mass is 302 g/mol. The number of carbonyl (C=O) groups is 1. The van der Waals surface area contributed by atoms with Gasteiger partial charge in [0.15, 0.2) is 0 Å². The molecular weight excluding hydrogens is 280 g/mol. The maximum Gasteiger partial charge on any atom is 0.222 e. The van der Waals surface area contributed by atoms with E-state index >= 15 is 0 Å². The summed E-state index contributed by atoms with van der Waals surface area (Å²) in [5.41, 5.74) is 1.84. The van der Waals surface area contributed by atoms with Gasteiger partial charge in [-0.15, -0.1) is 0 Å². The van der Waals surface area contributed by atoms with E-state index in [0.29, 0.717) is 6.42 Å². The molecule has 2 aliphatic heterocycles. The number of amides is 1. The number of benzene rings is 1. The second-order valence-electron chi connectivity index (χ2n) is 5.95. The molecule has 0 bridgehead atoms. The van der Waals surface area contributed by atoms with Crippen molar-refractivity contribution in [3.63, 3.8) is 0 Å². The van der Waals surface area contributed by atoms with Crippen LogP contribution in [0, 0.1) is 0 Å². The summed E-state index contributed by atoms with van der Waals surface area (Å²) >= 11 is 0. The first-order valence-electron chi connectivity index (χ1n) is 7.83. The average molecular weight is 302 g/mol. The summed E-state index contributed by atoms with van der Waals surface area (Å²) in [4.78, 5) is 19.5. The SMILES string of the molecule is CCC(=O)N1CCC2(CC1)CC(c1ccc(OC)cc1)=NO2. The van der Waals surface area contributed by atoms with E-state index in [-0.39, 0.29) is 11.5 Å². The summed E-state index contributed by atoms with van der Waals surface area (Å²) in [5.74, 6) is 1.06. The van der Waals surface area contributed by atoms with Gasteiger partial charge in [0.1, 0.15) is 11.4 Å². The first-order valence-corrected chi connectivity index (χ1v) is 7.83. The van der Waals surface area contributed by atoms with Crippen molar-refractivity contribution in [3.05, 3.63) is 29.8 Å². The van der Waals surface area contributed by atoms with Gasteiger partial charge in [0.25, 0.3) is 0 Å². The van der Waals surface area contributed by atoms with E-state index in [0.717, 1.165) is 49.4 Å². The van der Waals surface area contributed by atoms with E-state index in [1.54, 1.807) is 7.11 Å². The van der Waals surface area contributed by atoms with Crippen molar-refractivity contribution in [2.24, 2.45) is 5.16 Å². The van der Waals surface area contributed by atoms with Crippen LogP contribution in [0.2, 0.25) is 0 Å². The maximum atomic E-state index is 11.8. The largest absolute Gasteiger partial charge is 0.497 e. The lowest BCUT2D eigenvalue weighted by atomic mass is 9.85. The number of nitrogens with zero attached hydrogens (tertiary/aromatic N) is 2. The standard InChI is InChI=1S/C17H22N2O3/c1-3-16(20)19-10-8-17(9-11-19)12-15(18-22-17)13-4-6-14(21-2)7-5-13/h4-7H,3,8-12H2,1-2H3. The zero-order chi connectivity index (χ0) is 15.6. The highest BCUT2D eigenvalue weighted by Gasteiger charge is 2.42. The van der Waals surface area contributed by atoms with Crippen LogP contribution in [-0.4, -0.2) is 42.3 Å². The Kier molecular flexibility index (Phi) is 4.05. The molecule has 2 aliphatic rings. The number of rotatable bonds is 3. The molecule has 118 valence electrons. The highest BCUT2D eigenvalue weighted by Crippen LogP contribution is 2.36. The van der Waals surface area contributed by atoms with Gasteiger partial charge in [-0.3, -0.25) is 4.79 Å². The molecule has 5 nitrogen and oxygen atoms in total. The van der Waals surface area contributed by atoms with Gasteiger partial charge >= 0.3 is 0 Å². The highest BCUT2D eigenvalue weighted by molar-refractivity contribution is 6.01. The minimum Gasteiger partial charge on any atom is -0.497 e. The molecule has 0 atom stereocenters. The van der Waals surface area contributed by atoms with Crippen molar-refractivity contribution in [1.82, 2.24) is 4.90 Å².